The van der Waals surface area contributed by atoms with E-state index < -0.39 is 0 Å². The lowest BCUT2D eigenvalue weighted by atomic mass is 9.76. The third-order valence-electron chi connectivity index (χ3n) is 3.76. The fourth-order valence-electron chi connectivity index (χ4n) is 2.75. The van der Waals surface area contributed by atoms with E-state index in [0.717, 1.165) is 25.0 Å². The van der Waals surface area contributed by atoms with Crippen molar-refractivity contribution in [2.24, 2.45) is 5.73 Å². The molecule has 1 atom stereocenters. The molecular weight excluding hydrogens is 224 g/mol. The Bertz CT molecular complexity index is 464. The van der Waals surface area contributed by atoms with Gasteiger partial charge < -0.3 is 10.5 Å². The number of nitrogens with two attached hydrogens (primary N) is 1. The minimum atomic E-state index is -0.200. The predicted molar refractivity (Wildman–Crippen MR) is 73.5 cm³/mol. The zero-order valence-electron chi connectivity index (χ0n) is 10.8. The molecule has 1 aliphatic rings. The van der Waals surface area contributed by atoms with Gasteiger partial charge in [0.15, 0.2) is 0 Å². The third kappa shape index (κ3) is 2.22. The topological polar surface area (TPSA) is 47.3 Å². The maximum absolute atomic E-state index is 6.01. The minimum absolute atomic E-state index is 0.200. The SMILES string of the molecule is C#CCNC1(CN)CCCc2ccc(OC)cc21. The third-order valence-corrected chi connectivity index (χ3v) is 3.76. The van der Waals surface area contributed by atoms with Crippen molar-refractivity contribution in [3.05, 3.63) is 29.3 Å². The van der Waals surface area contributed by atoms with E-state index in [4.69, 9.17) is 16.9 Å². The van der Waals surface area contributed by atoms with E-state index in [9.17, 15) is 0 Å². The summed E-state index contributed by atoms with van der Waals surface area (Å²) in [5, 5.41) is 3.43. The maximum Gasteiger partial charge on any atom is 0.119 e. The summed E-state index contributed by atoms with van der Waals surface area (Å²) in [5.41, 5.74) is 8.40. The van der Waals surface area contributed by atoms with E-state index in [0.29, 0.717) is 13.1 Å². The van der Waals surface area contributed by atoms with Gasteiger partial charge in [-0.05, 0) is 42.5 Å². The van der Waals surface area contributed by atoms with Gasteiger partial charge in [-0.1, -0.05) is 12.0 Å². The standard InChI is InChI=1S/C15H20N2O/c1-3-9-17-15(11-16)8-4-5-12-6-7-13(18-2)10-14(12)15/h1,6-7,10,17H,4-5,8-9,11,16H2,2H3. The number of hydrogen-bond donors (Lipinski definition) is 2. The Hall–Kier alpha value is -1.50. The lowest BCUT2D eigenvalue weighted by Crippen LogP contribution is -2.50. The highest BCUT2D eigenvalue weighted by molar-refractivity contribution is 5.42. The molecule has 3 nitrogen and oxygen atoms in total. The lowest BCUT2D eigenvalue weighted by Gasteiger charge is -2.39. The molecule has 0 aliphatic heterocycles. The molecule has 0 radical (unpaired) electrons. The highest BCUT2D eigenvalue weighted by Crippen LogP contribution is 2.36. The Morgan fingerprint density at radius 3 is 3.06 bits per heavy atom. The van der Waals surface area contributed by atoms with Crippen molar-refractivity contribution in [2.75, 3.05) is 20.2 Å². The summed E-state index contributed by atoms with van der Waals surface area (Å²) in [4.78, 5) is 0. The van der Waals surface area contributed by atoms with Crippen molar-refractivity contribution in [2.45, 2.75) is 24.8 Å². The monoisotopic (exact) mass is 244 g/mol. The fourth-order valence-corrected chi connectivity index (χ4v) is 2.75. The molecule has 1 unspecified atom stereocenters. The Kier molecular flexibility index (Phi) is 3.90. The van der Waals surface area contributed by atoms with Gasteiger partial charge in [0, 0.05) is 6.54 Å². The average Bonchev–Trinajstić information content (AvgIpc) is 2.44. The number of nitrogens with one attached hydrogen (secondary N) is 1. The minimum Gasteiger partial charge on any atom is -0.497 e. The van der Waals surface area contributed by atoms with Crippen molar-refractivity contribution < 1.29 is 4.74 Å². The van der Waals surface area contributed by atoms with E-state index in [1.807, 2.05) is 6.07 Å². The van der Waals surface area contributed by atoms with Crippen LogP contribution in [0.5, 0.6) is 5.75 Å². The van der Waals surface area contributed by atoms with Crippen LogP contribution in [0.1, 0.15) is 24.0 Å². The van der Waals surface area contributed by atoms with E-state index in [-0.39, 0.29) is 5.54 Å². The number of terminal acetylenes is 1. The molecule has 0 fully saturated rings. The molecule has 0 bridgehead atoms. The van der Waals surface area contributed by atoms with Crippen LogP contribution in [0.2, 0.25) is 0 Å². The molecule has 0 spiro atoms. The van der Waals surface area contributed by atoms with Crippen LogP contribution in [0.3, 0.4) is 0 Å². The second kappa shape index (κ2) is 5.43. The molecule has 1 aromatic carbocycles. The Morgan fingerprint density at radius 2 is 2.39 bits per heavy atom. The number of fused-ring (bicyclic) bond motifs is 1. The largest absolute Gasteiger partial charge is 0.497 e. The van der Waals surface area contributed by atoms with Crippen LogP contribution in [0.15, 0.2) is 18.2 Å². The summed E-state index contributed by atoms with van der Waals surface area (Å²) >= 11 is 0. The molecule has 0 aromatic heterocycles. The molecule has 3 heteroatoms. The van der Waals surface area contributed by atoms with E-state index in [1.165, 1.54) is 11.1 Å². The van der Waals surface area contributed by atoms with Crippen molar-refractivity contribution in [1.29, 1.82) is 0 Å². The molecule has 96 valence electrons. The van der Waals surface area contributed by atoms with Crippen molar-refractivity contribution in [3.8, 4) is 18.1 Å². The summed E-state index contributed by atoms with van der Waals surface area (Å²) in [6.07, 6.45) is 8.61. The summed E-state index contributed by atoms with van der Waals surface area (Å²) in [5.74, 6) is 3.51. The summed E-state index contributed by atoms with van der Waals surface area (Å²) in [7, 11) is 1.68. The number of hydrogen-bond acceptors (Lipinski definition) is 3. The highest BCUT2D eigenvalue weighted by atomic mass is 16.5. The summed E-state index contributed by atoms with van der Waals surface area (Å²) in [6, 6.07) is 6.23. The molecule has 0 heterocycles. The predicted octanol–water partition coefficient (Wildman–Crippen LogP) is 1.41. The fraction of sp³-hybridized carbons (Fsp3) is 0.467. The number of ether oxygens (including phenoxy) is 1. The maximum atomic E-state index is 6.01. The highest BCUT2D eigenvalue weighted by Gasteiger charge is 2.34. The lowest BCUT2D eigenvalue weighted by molar-refractivity contribution is 0.304. The van der Waals surface area contributed by atoms with Crippen LogP contribution in [0.25, 0.3) is 0 Å². The van der Waals surface area contributed by atoms with Crippen LogP contribution >= 0.6 is 0 Å². The van der Waals surface area contributed by atoms with Crippen LogP contribution in [-0.2, 0) is 12.0 Å². The van der Waals surface area contributed by atoms with Gasteiger partial charge in [-0.25, -0.2) is 0 Å². The zero-order chi connectivity index (χ0) is 13.0. The van der Waals surface area contributed by atoms with Crippen molar-refractivity contribution >= 4 is 0 Å². The molecule has 0 saturated carbocycles. The number of aryl methyl sites for hydroxylation is 1. The molecule has 18 heavy (non-hydrogen) atoms. The van der Waals surface area contributed by atoms with Gasteiger partial charge in [0.05, 0.1) is 19.2 Å². The van der Waals surface area contributed by atoms with E-state index in [2.05, 4.69) is 23.4 Å². The normalized spacial score (nSPS) is 22.1. The van der Waals surface area contributed by atoms with Gasteiger partial charge >= 0.3 is 0 Å². The number of rotatable bonds is 4. The molecule has 1 aliphatic carbocycles. The van der Waals surface area contributed by atoms with Crippen molar-refractivity contribution in [3.63, 3.8) is 0 Å². The first-order valence-electron chi connectivity index (χ1n) is 6.32. The zero-order valence-corrected chi connectivity index (χ0v) is 10.8. The van der Waals surface area contributed by atoms with Gasteiger partial charge in [-0.15, -0.1) is 6.42 Å². The Morgan fingerprint density at radius 1 is 1.56 bits per heavy atom. The number of benzene rings is 1. The second-order valence-corrected chi connectivity index (χ2v) is 4.72. The average molecular weight is 244 g/mol. The Labute approximate surface area is 109 Å². The molecule has 1 aromatic rings. The molecular formula is C15H20N2O. The van der Waals surface area contributed by atoms with Gasteiger partial charge in [-0.2, -0.15) is 0 Å². The second-order valence-electron chi connectivity index (χ2n) is 4.72. The molecule has 0 amide bonds. The first-order chi connectivity index (χ1) is 8.75. The smallest absolute Gasteiger partial charge is 0.119 e. The molecule has 2 rings (SSSR count). The number of methoxy groups -OCH3 is 1. The molecule has 0 saturated heterocycles. The quantitative estimate of drug-likeness (QED) is 0.787. The van der Waals surface area contributed by atoms with Gasteiger partial charge in [0.25, 0.3) is 0 Å². The van der Waals surface area contributed by atoms with Crippen LogP contribution in [0.4, 0.5) is 0 Å². The molecule has 3 N–H and O–H groups in total. The summed E-state index contributed by atoms with van der Waals surface area (Å²) < 4.78 is 5.31. The summed E-state index contributed by atoms with van der Waals surface area (Å²) in [6.45, 7) is 1.09. The van der Waals surface area contributed by atoms with Crippen LogP contribution in [0, 0.1) is 12.3 Å². The first kappa shape index (κ1) is 12.9. The van der Waals surface area contributed by atoms with Gasteiger partial charge in [0.2, 0.25) is 0 Å². The van der Waals surface area contributed by atoms with E-state index >= 15 is 0 Å². The Balaban J connectivity index is 2.43. The first-order valence-corrected chi connectivity index (χ1v) is 6.32. The van der Waals surface area contributed by atoms with Gasteiger partial charge in [-0.3, -0.25) is 5.32 Å². The van der Waals surface area contributed by atoms with Crippen LogP contribution in [-0.4, -0.2) is 20.2 Å². The van der Waals surface area contributed by atoms with Crippen molar-refractivity contribution in [1.82, 2.24) is 5.32 Å². The van der Waals surface area contributed by atoms with Crippen LogP contribution < -0.4 is 15.8 Å². The van der Waals surface area contributed by atoms with Gasteiger partial charge in [0.1, 0.15) is 5.75 Å². The van der Waals surface area contributed by atoms with E-state index in [1.54, 1.807) is 7.11 Å².